The summed E-state index contributed by atoms with van der Waals surface area (Å²) in [4.78, 5) is 3.54. The van der Waals surface area contributed by atoms with Gasteiger partial charge in [-0.15, -0.1) is 0 Å². The lowest BCUT2D eigenvalue weighted by Crippen LogP contribution is -1.88. The van der Waals surface area contributed by atoms with Crippen LogP contribution in [0.4, 0.5) is 4.39 Å². The van der Waals surface area contributed by atoms with Crippen molar-refractivity contribution in [3.63, 3.8) is 0 Å². The molecule has 0 radical (unpaired) electrons. The van der Waals surface area contributed by atoms with Crippen LogP contribution in [0.1, 0.15) is 5.56 Å². The van der Waals surface area contributed by atoms with Crippen LogP contribution in [0.15, 0.2) is 29.2 Å². The van der Waals surface area contributed by atoms with E-state index in [2.05, 4.69) is 4.98 Å². The fraction of sp³-hybridized carbons (Fsp3) is 0.100. The second-order valence-corrected chi connectivity index (χ2v) is 3.40. The van der Waals surface area contributed by atoms with Gasteiger partial charge < -0.3 is 4.42 Å². The minimum Gasteiger partial charge on any atom is -0.472 e. The number of halogens is 2. The summed E-state index contributed by atoms with van der Waals surface area (Å²) >= 11 is 5.73. The Morgan fingerprint density at radius 1 is 1.36 bits per heavy atom. The van der Waals surface area contributed by atoms with Crippen molar-refractivity contribution >= 4 is 11.6 Å². The monoisotopic (exact) mass is 211 g/mol. The molecular weight excluding hydrogens is 205 g/mol. The van der Waals surface area contributed by atoms with E-state index in [-0.39, 0.29) is 0 Å². The first-order valence-electron chi connectivity index (χ1n) is 4.02. The molecule has 0 saturated heterocycles. The molecular formula is C10H7ClFNO. The van der Waals surface area contributed by atoms with E-state index >= 15 is 0 Å². The molecule has 2 aromatic heterocycles. The number of aryl methyl sites for hydroxylation is 1. The molecule has 0 aliphatic heterocycles. The first-order valence-corrected chi connectivity index (χ1v) is 4.40. The number of hydrogen-bond donors (Lipinski definition) is 0. The predicted octanol–water partition coefficient (Wildman–Crippen LogP) is 3.44. The van der Waals surface area contributed by atoms with Crippen molar-refractivity contribution < 1.29 is 8.81 Å². The number of furan rings is 1. The van der Waals surface area contributed by atoms with Crippen molar-refractivity contribution in [1.82, 2.24) is 4.98 Å². The van der Waals surface area contributed by atoms with Crippen molar-refractivity contribution in [2.45, 2.75) is 6.92 Å². The average Bonchev–Trinajstić information content (AvgIpc) is 2.56. The summed E-state index contributed by atoms with van der Waals surface area (Å²) in [6.45, 7) is 1.83. The highest BCUT2D eigenvalue weighted by molar-refractivity contribution is 6.30. The van der Waals surface area contributed by atoms with Gasteiger partial charge in [-0.05, 0) is 18.6 Å². The third-order valence-corrected chi connectivity index (χ3v) is 2.16. The second-order valence-electron chi connectivity index (χ2n) is 2.96. The number of hydrogen-bond acceptors (Lipinski definition) is 2. The highest BCUT2D eigenvalue weighted by Crippen LogP contribution is 2.27. The Morgan fingerprint density at radius 3 is 2.79 bits per heavy atom. The molecule has 4 heteroatoms. The summed E-state index contributed by atoms with van der Waals surface area (Å²) in [6.07, 6.45) is 4.30. The molecule has 2 aromatic rings. The predicted molar refractivity (Wildman–Crippen MR) is 51.6 cm³/mol. The minimum absolute atomic E-state index is 0.365. The summed E-state index contributed by atoms with van der Waals surface area (Å²) in [5.74, 6) is -0.543. The van der Waals surface area contributed by atoms with E-state index in [4.69, 9.17) is 16.0 Å². The van der Waals surface area contributed by atoms with Crippen LogP contribution in [0.3, 0.4) is 0 Å². The van der Waals surface area contributed by atoms with Gasteiger partial charge in [0.05, 0.1) is 17.5 Å². The van der Waals surface area contributed by atoms with Crippen molar-refractivity contribution in [3.05, 3.63) is 41.3 Å². The highest BCUT2D eigenvalue weighted by Gasteiger charge is 2.11. The Morgan fingerprint density at radius 2 is 2.14 bits per heavy atom. The number of pyridine rings is 1. The first kappa shape index (κ1) is 9.21. The molecule has 2 rings (SSSR count). The van der Waals surface area contributed by atoms with Crippen molar-refractivity contribution in [2.75, 3.05) is 0 Å². The standard InChI is InChI=1S/C10H7ClFNO/c1-6-4-14-5-9(6)8-2-7(11)3-13-10(8)12/h2-5H,1H3. The lowest BCUT2D eigenvalue weighted by atomic mass is 10.1. The third-order valence-electron chi connectivity index (χ3n) is 1.95. The number of nitrogens with zero attached hydrogens (tertiary/aromatic N) is 1. The molecule has 0 spiro atoms. The molecule has 0 aromatic carbocycles. The molecule has 0 fully saturated rings. The van der Waals surface area contributed by atoms with Crippen LogP contribution in [0.25, 0.3) is 11.1 Å². The Hall–Kier alpha value is -1.35. The second kappa shape index (κ2) is 3.42. The molecule has 0 unspecified atom stereocenters. The van der Waals surface area contributed by atoms with Gasteiger partial charge in [0.1, 0.15) is 0 Å². The quantitative estimate of drug-likeness (QED) is 0.676. The summed E-state index contributed by atoms with van der Waals surface area (Å²) in [5.41, 5.74) is 1.90. The van der Waals surface area contributed by atoms with E-state index in [1.807, 2.05) is 6.92 Å². The Bertz CT molecular complexity index is 467. The van der Waals surface area contributed by atoms with Gasteiger partial charge in [-0.1, -0.05) is 11.6 Å². The Kier molecular flexibility index (Phi) is 2.25. The average molecular weight is 212 g/mol. The van der Waals surface area contributed by atoms with Crippen LogP contribution >= 0.6 is 11.6 Å². The van der Waals surface area contributed by atoms with Gasteiger partial charge in [0.15, 0.2) is 0 Å². The van der Waals surface area contributed by atoms with Crippen molar-refractivity contribution in [1.29, 1.82) is 0 Å². The largest absolute Gasteiger partial charge is 0.472 e. The van der Waals surface area contributed by atoms with Crippen molar-refractivity contribution in [3.8, 4) is 11.1 Å². The third kappa shape index (κ3) is 1.51. The maximum absolute atomic E-state index is 13.3. The van der Waals surface area contributed by atoms with Crippen LogP contribution < -0.4 is 0 Å². The van der Waals surface area contributed by atoms with E-state index in [0.717, 1.165) is 5.56 Å². The smallest absolute Gasteiger partial charge is 0.220 e. The zero-order chi connectivity index (χ0) is 10.1. The molecule has 0 aliphatic carbocycles. The molecule has 0 atom stereocenters. The van der Waals surface area contributed by atoms with Gasteiger partial charge in [0, 0.05) is 17.3 Å². The van der Waals surface area contributed by atoms with Gasteiger partial charge in [-0.3, -0.25) is 0 Å². The van der Waals surface area contributed by atoms with Gasteiger partial charge in [0.2, 0.25) is 5.95 Å². The summed E-state index contributed by atoms with van der Waals surface area (Å²) < 4.78 is 18.3. The van der Waals surface area contributed by atoms with Crippen molar-refractivity contribution in [2.24, 2.45) is 0 Å². The van der Waals surface area contributed by atoms with E-state index < -0.39 is 5.95 Å². The highest BCUT2D eigenvalue weighted by atomic mass is 35.5. The first-order chi connectivity index (χ1) is 6.68. The molecule has 72 valence electrons. The fourth-order valence-electron chi connectivity index (χ4n) is 1.25. The molecule has 0 saturated carbocycles. The zero-order valence-electron chi connectivity index (χ0n) is 7.42. The lowest BCUT2D eigenvalue weighted by Gasteiger charge is -2.00. The molecule has 0 bridgehead atoms. The lowest BCUT2D eigenvalue weighted by molar-refractivity contribution is 0.564. The van der Waals surface area contributed by atoms with Gasteiger partial charge in [-0.25, -0.2) is 4.98 Å². The van der Waals surface area contributed by atoms with E-state index in [0.29, 0.717) is 16.1 Å². The summed E-state index contributed by atoms with van der Waals surface area (Å²) in [5, 5.41) is 0.405. The van der Waals surface area contributed by atoms with Crippen LogP contribution in [-0.4, -0.2) is 4.98 Å². The van der Waals surface area contributed by atoms with E-state index in [9.17, 15) is 4.39 Å². The molecule has 0 N–H and O–H groups in total. The van der Waals surface area contributed by atoms with Gasteiger partial charge in [-0.2, -0.15) is 4.39 Å². The van der Waals surface area contributed by atoms with E-state index in [1.165, 1.54) is 18.5 Å². The molecule has 14 heavy (non-hydrogen) atoms. The molecule has 2 heterocycles. The molecule has 0 amide bonds. The number of aromatic nitrogens is 1. The van der Waals surface area contributed by atoms with Gasteiger partial charge >= 0.3 is 0 Å². The fourth-order valence-corrected chi connectivity index (χ4v) is 1.41. The SMILES string of the molecule is Cc1cocc1-c1cc(Cl)cnc1F. The van der Waals surface area contributed by atoms with Crippen LogP contribution in [0, 0.1) is 12.9 Å². The zero-order valence-corrected chi connectivity index (χ0v) is 8.18. The van der Waals surface area contributed by atoms with Crippen LogP contribution in [0.2, 0.25) is 5.02 Å². The molecule has 2 nitrogen and oxygen atoms in total. The normalized spacial score (nSPS) is 10.5. The summed E-state index contributed by atoms with van der Waals surface area (Å²) in [6, 6.07) is 1.53. The van der Waals surface area contributed by atoms with Gasteiger partial charge in [0.25, 0.3) is 0 Å². The Balaban J connectivity index is 2.62. The van der Waals surface area contributed by atoms with Crippen LogP contribution in [0.5, 0.6) is 0 Å². The molecule has 0 aliphatic rings. The van der Waals surface area contributed by atoms with E-state index in [1.54, 1.807) is 6.26 Å². The maximum Gasteiger partial charge on any atom is 0.220 e. The summed E-state index contributed by atoms with van der Waals surface area (Å²) in [7, 11) is 0. The maximum atomic E-state index is 13.3. The topological polar surface area (TPSA) is 26.0 Å². The minimum atomic E-state index is -0.543. The van der Waals surface area contributed by atoms with Crippen LogP contribution in [-0.2, 0) is 0 Å². The Labute approximate surface area is 85.3 Å². The number of rotatable bonds is 1.